The van der Waals surface area contributed by atoms with Gasteiger partial charge < -0.3 is 4.90 Å². The first-order chi connectivity index (χ1) is 9.95. The van der Waals surface area contributed by atoms with E-state index >= 15 is 0 Å². The maximum atomic E-state index is 13.0. The molecule has 3 rings (SSSR count). The number of piperidine rings is 1. The van der Waals surface area contributed by atoms with Crippen LogP contribution < -0.4 is 4.90 Å². The molecular formula is C15H16F3N3. The van der Waals surface area contributed by atoms with E-state index in [2.05, 4.69) is 16.9 Å². The third-order valence-electron chi connectivity index (χ3n) is 3.79. The molecule has 0 spiro atoms. The van der Waals surface area contributed by atoms with Crippen molar-refractivity contribution in [3.63, 3.8) is 0 Å². The van der Waals surface area contributed by atoms with Crippen molar-refractivity contribution in [1.82, 2.24) is 9.97 Å². The SMILES string of the molecule is C[C@H]1CCCN(c2nc(C(F)(F)F)nc3ccccc23)C1. The molecule has 2 heterocycles. The first-order valence-electron chi connectivity index (χ1n) is 7.04. The van der Waals surface area contributed by atoms with Gasteiger partial charge in [-0.15, -0.1) is 0 Å². The second-order valence-corrected chi connectivity index (χ2v) is 5.58. The average molecular weight is 295 g/mol. The minimum Gasteiger partial charge on any atom is -0.356 e. The Morgan fingerprint density at radius 1 is 1.19 bits per heavy atom. The molecule has 3 nitrogen and oxygen atoms in total. The maximum absolute atomic E-state index is 13.0. The second kappa shape index (κ2) is 5.16. The summed E-state index contributed by atoms with van der Waals surface area (Å²) >= 11 is 0. The molecule has 1 aliphatic rings. The summed E-state index contributed by atoms with van der Waals surface area (Å²) < 4.78 is 39.0. The summed E-state index contributed by atoms with van der Waals surface area (Å²) in [5, 5.41) is 0.680. The number of aromatic nitrogens is 2. The Labute approximate surface area is 120 Å². The minimum absolute atomic E-state index is 0.341. The predicted octanol–water partition coefficient (Wildman–Crippen LogP) is 3.88. The number of rotatable bonds is 1. The molecule has 0 aliphatic carbocycles. The number of hydrogen-bond donors (Lipinski definition) is 0. The molecule has 0 N–H and O–H groups in total. The van der Waals surface area contributed by atoms with Crippen molar-refractivity contribution in [2.24, 2.45) is 5.92 Å². The summed E-state index contributed by atoms with van der Waals surface area (Å²) in [4.78, 5) is 9.43. The molecule has 6 heteroatoms. The number of anilines is 1. The van der Waals surface area contributed by atoms with Gasteiger partial charge in [-0.1, -0.05) is 19.1 Å². The fourth-order valence-electron chi connectivity index (χ4n) is 2.81. The van der Waals surface area contributed by atoms with Crippen molar-refractivity contribution in [2.45, 2.75) is 25.9 Å². The highest BCUT2D eigenvalue weighted by atomic mass is 19.4. The van der Waals surface area contributed by atoms with Gasteiger partial charge in [0.05, 0.1) is 5.52 Å². The minimum atomic E-state index is -4.53. The Bertz CT molecular complexity index is 654. The lowest BCUT2D eigenvalue weighted by atomic mass is 10.00. The number of halogens is 3. The van der Waals surface area contributed by atoms with Gasteiger partial charge in [0.25, 0.3) is 0 Å². The molecule has 112 valence electrons. The first-order valence-corrected chi connectivity index (χ1v) is 7.04. The van der Waals surface area contributed by atoms with Crippen molar-refractivity contribution in [3.05, 3.63) is 30.1 Å². The van der Waals surface area contributed by atoms with E-state index < -0.39 is 12.0 Å². The highest BCUT2D eigenvalue weighted by Crippen LogP contribution is 2.33. The molecule has 1 saturated heterocycles. The van der Waals surface area contributed by atoms with Crippen LogP contribution in [0.3, 0.4) is 0 Å². The first kappa shape index (κ1) is 14.1. The van der Waals surface area contributed by atoms with Crippen molar-refractivity contribution in [2.75, 3.05) is 18.0 Å². The number of nitrogens with zero attached hydrogens (tertiary/aromatic N) is 3. The van der Waals surface area contributed by atoms with E-state index in [9.17, 15) is 13.2 Å². The molecule has 0 amide bonds. The number of benzene rings is 1. The van der Waals surface area contributed by atoms with Crippen molar-refractivity contribution >= 4 is 16.7 Å². The fraction of sp³-hybridized carbons (Fsp3) is 0.467. The molecule has 1 aromatic heterocycles. The summed E-state index contributed by atoms with van der Waals surface area (Å²) in [6.07, 6.45) is -2.45. The molecular weight excluding hydrogens is 279 g/mol. The maximum Gasteiger partial charge on any atom is 0.451 e. The fourth-order valence-corrected chi connectivity index (χ4v) is 2.81. The van der Waals surface area contributed by atoms with Crippen molar-refractivity contribution in [1.29, 1.82) is 0 Å². The Morgan fingerprint density at radius 2 is 1.95 bits per heavy atom. The summed E-state index contributed by atoms with van der Waals surface area (Å²) in [6.45, 7) is 3.58. The molecule has 1 fully saturated rings. The van der Waals surface area contributed by atoms with Gasteiger partial charge in [0.2, 0.25) is 5.82 Å². The highest BCUT2D eigenvalue weighted by Gasteiger charge is 2.36. The van der Waals surface area contributed by atoms with Gasteiger partial charge in [-0.25, -0.2) is 9.97 Å². The number of hydrogen-bond acceptors (Lipinski definition) is 3. The van der Waals surface area contributed by atoms with E-state index in [0.717, 1.165) is 25.9 Å². The van der Waals surface area contributed by atoms with E-state index in [0.29, 0.717) is 22.6 Å². The zero-order valence-electron chi connectivity index (χ0n) is 11.7. The normalized spacial score (nSPS) is 20.0. The van der Waals surface area contributed by atoms with E-state index in [4.69, 9.17) is 0 Å². The summed E-state index contributed by atoms with van der Waals surface area (Å²) in [5.41, 5.74) is 0.341. The van der Waals surface area contributed by atoms with Gasteiger partial charge in [-0.2, -0.15) is 13.2 Å². The van der Waals surface area contributed by atoms with Crippen LogP contribution in [-0.4, -0.2) is 23.1 Å². The van der Waals surface area contributed by atoms with E-state index in [1.54, 1.807) is 24.3 Å². The van der Waals surface area contributed by atoms with Crippen LogP contribution in [0, 0.1) is 5.92 Å². The lowest BCUT2D eigenvalue weighted by molar-refractivity contribution is -0.144. The number of fused-ring (bicyclic) bond motifs is 1. The molecule has 1 atom stereocenters. The zero-order valence-corrected chi connectivity index (χ0v) is 11.7. The van der Waals surface area contributed by atoms with Gasteiger partial charge in [0.1, 0.15) is 5.82 Å². The van der Waals surface area contributed by atoms with Crippen LogP contribution in [0.1, 0.15) is 25.6 Å². The van der Waals surface area contributed by atoms with Crippen LogP contribution in [0.2, 0.25) is 0 Å². The molecule has 0 saturated carbocycles. The van der Waals surface area contributed by atoms with Crippen LogP contribution in [0.15, 0.2) is 24.3 Å². The summed E-state index contributed by atoms with van der Waals surface area (Å²) in [6, 6.07) is 6.88. The lowest BCUT2D eigenvalue weighted by Gasteiger charge is -2.32. The van der Waals surface area contributed by atoms with Gasteiger partial charge in [0, 0.05) is 18.5 Å². The number of para-hydroxylation sites is 1. The Hall–Kier alpha value is -1.85. The van der Waals surface area contributed by atoms with Gasteiger partial charge >= 0.3 is 6.18 Å². The molecule has 0 bridgehead atoms. The second-order valence-electron chi connectivity index (χ2n) is 5.58. The molecule has 1 aliphatic heterocycles. The van der Waals surface area contributed by atoms with Crippen LogP contribution in [0.4, 0.5) is 19.0 Å². The zero-order chi connectivity index (χ0) is 15.0. The molecule has 21 heavy (non-hydrogen) atoms. The average Bonchev–Trinajstić information content (AvgIpc) is 2.45. The van der Waals surface area contributed by atoms with E-state index in [1.165, 1.54) is 0 Å². The third-order valence-corrected chi connectivity index (χ3v) is 3.79. The molecule has 0 unspecified atom stereocenters. The quantitative estimate of drug-likeness (QED) is 0.799. The third kappa shape index (κ3) is 2.80. The summed E-state index contributed by atoms with van der Waals surface area (Å²) in [5.74, 6) is -0.198. The van der Waals surface area contributed by atoms with Gasteiger partial charge in [0.15, 0.2) is 0 Å². The monoisotopic (exact) mass is 295 g/mol. The van der Waals surface area contributed by atoms with E-state index in [1.807, 2.05) is 4.90 Å². The van der Waals surface area contributed by atoms with Crippen LogP contribution in [0.5, 0.6) is 0 Å². The predicted molar refractivity (Wildman–Crippen MR) is 75.2 cm³/mol. The van der Waals surface area contributed by atoms with Crippen molar-refractivity contribution < 1.29 is 13.2 Å². The molecule has 2 aromatic rings. The van der Waals surface area contributed by atoms with Crippen molar-refractivity contribution in [3.8, 4) is 0 Å². The smallest absolute Gasteiger partial charge is 0.356 e. The topological polar surface area (TPSA) is 29.0 Å². The molecule has 0 radical (unpaired) electrons. The Morgan fingerprint density at radius 3 is 2.67 bits per heavy atom. The largest absolute Gasteiger partial charge is 0.451 e. The van der Waals surface area contributed by atoms with Gasteiger partial charge in [-0.3, -0.25) is 0 Å². The van der Waals surface area contributed by atoms with Crippen LogP contribution in [-0.2, 0) is 6.18 Å². The van der Waals surface area contributed by atoms with Crippen LogP contribution >= 0.6 is 0 Å². The lowest BCUT2D eigenvalue weighted by Crippen LogP contribution is -2.35. The standard InChI is InChI=1S/C15H16F3N3/c1-10-5-4-8-21(9-10)13-11-6-2-3-7-12(11)19-14(20-13)15(16,17)18/h2-3,6-7,10H,4-5,8-9H2,1H3/t10-/m0/s1. The summed E-state index contributed by atoms with van der Waals surface area (Å²) in [7, 11) is 0. The number of alkyl halides is 3. The van der Waals surface area contributed by atoms with E-state index in [-0.39, 0.29) is 0 Å². The Kier molecular flexibility index (Phi) is 3.47. The van der Waals surface area contributed by atoms with Gasteiger partial charge in [-0.05, 0) is 30.9 Å². The highest BCUT2D eigenvalue weighted by molar-refractivity contribution is 5.89. The Balaban J connectivity index is 2.14. The van der Waals surface area contributed by atoms with Crippen LogP contribution in [0.25, 0.3) is 10.9 Å². The molecule has 1 aromatic carbocycles.